The molecule has 1 aromatic carbocycles. The van der Waals surface area contributed by atoms with E-state index < -0.39 is 23.3 Å². The molecule has 1 rings (SSSR count). The van der Waals surface area contributed by atoms with Crippen LogP contribution in [0.3, 0.4) is 0 Å². The number of methoxy groups -OCH3 is 1. The number of hydrogen-bond acceptors (Lipinski definition) is 2. The summed E-state index contributed by atoms with van der Waals surface area (Å²) in [4.78, 5) is 11.1. The summed E-state index contributed by atoms with van der Waals surface area (Å²) in [5.74, 6) is -2.74. The van der Waals surface area contributed by atoms with Crippen molar-refractivity contribution in [2.24, 2.45) is 0 Å². The first kappa shape index (κ1) is 14.2. The summed E-state index contributed by atoms with van der Waals surface area (Å²) in [6.45, 7) is 1.01. The Morgan fingerprint density at radius 1 is 1.17 bits per heavy atom. The third kappa shape index (κ3) is 3.09. The van der Waals surface area contributed by atoms with Crippen LogP contribution < -0.4 is 0 Å². The van der Waals surface area contributed by atoms with E-state index in [1.54, 1.807) is 0 Å². The summed E-state index contributed by atoms with van der Waals surface area (Å²) in [7, 11) is 1.14. The SMILES string of the molecule is CO/C(=C(/C)C(=O)C(F)(F)F)c1ccc(F)cc1. The lowest BCUT2D eigenvalue weighted by Crippen LogP contribution is -2.24. The average molecular weight is 262 g/mol. The van der Waals surface area contributed by atoms with Crippen LogP contribution in [0.1, 0.15) is 12.5 Å². The number of ketones is 1. The number of hydrogen-bond donors (Lipinski definition) is 0. The second-order valence-corrected chi connectivity index (χ2v) is 3.49. The number of benzene rings is 1. The molecule has 2 nitrogen and oxygen atoms in total. The van der Waals surface area contributed by atoms with E-state index in [9.17, 15) is 22.4 Å². The average Bonchev–Trinajstić information content (AvgIpc) is 2.30. The fourth-order valence-corrected chi connectivity index (χ4v) is 1.40. The zero-order valence-electron chi connectivity index (χ0n) is 9.64. The molecule has 0 aliphatic carbocycles. The summed E-state index contributed by atoms with van der Waals surface area (Å²) in [5, 5.41) is 0. The van der Waals surface area contributed by atoms with Crippen molar-refractivity contribution in [3.63, 3.8) is 0 Å². The molecular weight excluding hydrogens is 252 g/mol. The number of ether oxygens (including phenoxy) is 1. The van der Waals surface area contributed by atoms with Gasteiger partial charge in [0.15, 0.2) is 0 Å². The maximum Gasteiger partial charge on any atom is 0.454 e. The van der Waals surface area contributed by atoms with Gasteiger partial charge < -0.3 is 4.74 Å². The lowest BCUT2D eigenvalue weighted by Gasteiger charge is -2.12. The topological polar surface area (TPSA) is 26.3 Å². The first-order chi connectivity index (χ1) is 8.27. The molecule has 98 valence electrons. The van der Waals surface area contributed by atoms with Gasteiger partial charge in [-0.2, -0.15) is 13.2 Å². The Bertz CT molecular complexity index is 472. The van der Waals surface area contributed by atoms with E-state index in [1.165, 1.54) is 12.1 Å². The van der Waals surface area contributed by atoms with Crippen LogP contribution in [0.4, 0.5) is 17.6 Å². The maximum absolute atomic E-state index is 12.7. The van der Waals surface area contributed by atoms with E-state index in [4.69, 9.17) is 4.74 Å². The van der Waals surface area contributed by atoms with Crippen LogP contribution in [0.15, 0.2) is 29.8 Å². The molecule has 0 amide bonds. The second kappa shape index (κ2) is 5.20. The normalized spacial score (nSPS) is 13.0. The van der Waals surface area contributed by atoms with Crippen molar-refractivity contribution in [2.45, 2.75) is 13.1 Å². The van der Waals surface area contributed by atoms with E-state index in [0.29, 0.717) is 0 Å². The molecule has 0 N–H and O–H groups in total. The number of halogens is 4. The van der Waals surface area contributed by atoms with Crippen LogP contribution in [0.5, 0.6) is 0 Å². The monoisotopic (exact) mass is 262 g/mol. The Hall–Kier alpha value is -1.85. The van der Waals surface area contributed by atoms with Gasteiger partial charge in [0.2, 0.25) is 0 Å². The molecule has 0 spiro atoms. The number of allylic oxidation sites excluding steroid dienone is 1. The molecule has 0 bridgehead atoms. The standard InChI is InChI=1S/C12H10F4O2/c1-7(11(17)12(14,15)16)10(18-2)8-3-5-9(13)6-4-8/h3-6H,1-2H3/b10-7-. The Morgan fingerprint density at radius 3 is 2.06 bits per heavy atom. The number of carbonyl (C=O) groups is 1. The van der Waals surface area contributed by atoms with Crippen LogP contribution in [0.25, 0.3) is 5.76 Å². The molecule has 0 saturated heterocycles. The molecule has 6 heteroatoms. The summed E-state index contributed by atoms with van der Waals surface area (Å²) in [6, 6.07) is 4.61. The fraction of sp³-hybridized carbons (Fsp3) is 0.250. The Kier molecular flexibility index (Phi) is 4.11. The summed E-state index contributed by atoms with van der Waals surface area (Å²) in [6.07, 6.45) is -4.96. The van der Waals surface area contributed by atoms with Crippen LogP contribution in [-0.4, -0.2) is 19.1 Å². The maximum atomic E-state index is 12.7. The Morgan fingerprint density at radius 2 is 1.67 bits per heavy atom. The first-order valence-electron chi connectivity index (χ1n) is 4.89. The largest absolute Gasteiger partial charge is 0.496 e. The van der Waals surface area contributed by atoms with E-state index in [2.05, 4.69) is 0 Å². The minimum Gasteiger partial charge on any atom is -0.496 e. The molecule has 0 aromatic heterocycles. The van der Waals surface area contributed by atoms with Crippen LogP contribution >= 0.6 is 0 Å². The molecule has 0 unspecified atom stereocenters. The van der Waals surface area contributed by atoms with Crippen LogP contribution in [0.2, 0.25) is 0 Å². The van der Waals surface area contributed by atoms with Crippen molar-refractivity contribution < 1.29 is 27.1 Å². The minimum absolute atomic E-state index is 0.203. The van der Waals surface area contributed by atoms with Crippen molar-refractivity contribution in [1.29, 1.82) is 0 Å². The minimum atomic E-state index is -4.96. The third-order valence-electron chi connectivity index (χ3n) is 2.25. The molecule has 18 heavy (non-hydrogen) atoms. The highest BCUT2D eigenvalue weighted by atomic mass is 19.4. The van der Waals surface area contributed by atoms with Crippen molar-refractivity contribution >= 4 is 11.5 Å². The zero-order chi connectivity index (χ0) is 13.9. The smallest absolute Gasteiger partial charge is 0.454 e. The quantitative estimate of drug-likeness (QED) is 0.474. The van der Waals surface area contributed by atoms with Gasteiger partial charge in [-0.05, 0) is 31.2 Å². The summed E-state index contributed by atoms with van der Waals surface area (Å²) >= 11 is 0. The molecular formula is C12H10F4O2. The molecule has 0 atom stereocenters. The van der Waals surface area contributed by atoms with Gasteiger partial charge in [0.25, 0.3) is 5.78 Å². The van der Waals surface area contributed by atoms with Gasteiger partial charge in [-0.3, -0.25) is 4.79 Å². The molecule has 1 aromatic rings. The lowest BCUT2D eigenvalue weighted by atomic mass is 10.1. The van der Waals surface area contributed by atoms with E-state index in [0.717, 1.165) is 26.2 Å². The van der Waals surface area contributed by atoms with Gasteiger partial charge in [-0.25, -0.2) is 4.39 Å². The predicted molar refractivity (Wildman–Crippen MR) is 57.1 cm³/mol. The van der Waals surface area contributed by atoms with Crippen molar-refractivity contribution in [3.8, 4) is 0 Å². The third-order valence-corrected chi connectivity index (χ3v) is 2.25. The fourth-order valence-electron chi connectivity index (χ4n) is 1.40. The molecule has 0 fully saturated rings. The number of Topliss-reactive ketones (excluding diaryl/α,β-unsaturated/α-hetero) is 1. The number of carbonyl (C=O) groups excluding carboxylic acids is 1. The van der Waals surface area contributed by atoms with Crippen molar-refractivity contribution in [2.75, 3.05) is 7.11 Å². The van der Waals surface area contributed by atoms with Gasteiger partial charge in [0.05, 0.1) is 7.11 Å². The second-order valence-electron chi connectivity index (χ2n) is 3.49. The van der Waals surface area contributed by atoms with Gasteiger partial charge in [-0.1, -0.05) is 0 Å². The van der Waals surface area contributed by atoms with E-state index >= 15 is 0 Å². The van der Waals surface area contributed by atoms with Crippen LogP contribution in [-0.2, 0) is 9.53 Å². The van der Waals surface area contributed by atoms with E-state index in [1.807, 2.05) is 0 Å². The first-order valence-corrected chi connectivity index (χ1v) is 4.89. The van der Waals surface area contributed by atoms with Crippen molar-refractivity contribution in [1.82, 2.24) is 0 Å². The molecule has 0 radical (unpaired) electrons. The highest BCUT2D eigenvalue weighted by Gasteiger charge is 2.40. The molecule has 0 heterocycles. The van der Waals surface area contributed by atoms with Gasteiger partial charge in [0.1, 0.15) is 11.6 Å². The Balaban J connectivity index is 3.23. The predicted octanol–water partition coefficient (Wildman–Crippen LogP) is 3.33. The number of rotatable bonds is 3. The Labute approximate surface area is 101 Å². The molecule has 0 aliphatic rings. The number of alkyl halides is 3. The lowest BCUT2D eigenvalue weighted by molar-refractivity contribution is -0.166. The van der Waals surface area contributed by atoms with Crippen molar-refractivity contribution in [3.05, 3.63) is 41.2 Å². The van der Waals surface area contributed by atoms with Gasteiger partial charge in [0, 0.05) is 11.1 Å². The highest BCUT2D eigenvalue weighted by Crippen LogP contribution is 2.27. The van der Waals surface area contributed by atoms with Gasteiger partial charge in [-0.15, -0.1) is 0 Å². The highest BCUT2D eigenvalue weighted by molar-refractivity contribution is 6.04. The molecule has 0 saturated carbocycles. The summed E-state index contributed by atoms with van der Waals surface area (Å²) in [5.41, 5.74) is -0.370. The zero-order valence-corrected chi connectivity index (χ0v) is 9.64. The van der Waals surface area contributed by atoms with Gasteiger partial charge >= 0.3 is 6.18 Å². The van der Waals surface area contributed by atoms with Crippen LogP contribution in [0, 0.1) is 5.82 Å². The summed E-state index contributed by atoms with van der Waals surface area (Å²) < 4.78 is 54.3. The van der Waals surface area contributed by atoms with E-state index in [-0.39, 0.29) is 11.3 Å². The molecule has 0 aliphatic heterocycles.